The molecule has 1 N–H and O–H groups in total. The molecule has 0 radical (unpaired) electrons. The van der Waals surface area contributed by atoms with Gasteiger partial charge in [-0.05, 0) is 42.0 Å². The minimum atomic E-state index is -0.887. The van der Waals surface area contributed by atoms with Crippen LogP contribution in [0.15, 0.2) is 66.7 Å². The van der Waals surface area contributed by atoms with Crippen molar-refractivity contribution in [3.8, 4) is 28.7 Å². The number of rotatable bonds is 8. The summed E-state index contributed by atoms with van der Waals surface area (Å²) < 4.78 is 28.6. The fourth-order valence-electron chi connectivity index (χ4n) is 3.52. The zero-order valence-electron chi connectivity index (χ0n) is 18.2. The molecule has 0 saturated carbocycles. The van der Waals surface area contributed by atoms with Gasteiger partial charge in [0.2, 0.25) is 11.9 Å². The van der Waals surface area contributed by atoms with Gasteiger partial charge in [-0.15, -0.1) is 0 Å². The zero-order valence-corrected chi connectivity index (χ0v) is 19.0. The van der Waals surface area contributed by atoms with Gasteiger partial charge in [-0.3, -0.25) is 4.79 Å². The normalized spacial score (nSPS) is 16.6. The van der Waals surface area contributed by atoms with Gasteiger partial charge in [-0.2, -0.15) is 0 Å². The first-order valence-electron chi connectivity index (χ1n) is 10.4. The molecule has 3 aromatic carbocycles. The molecule has 4 rings (SSSR count). The van der Waals surface area contributed by atoms with Gasteiger partial charge in [0.05, 0.1) is 20.8 Å². The Morgan fingerprint density at radius 2 is 1.55 bits per heavy atom. The summed E-state index contributed by atoms with van der Waals surface area (Å²) in [5.41, 5.74) is 0.782. The van der Waals surface area contributed by atoms with Crippen molar-refractivity contribution in [1.82, 2.24) is 5.32 Å². The highest BCUT2D eigenvalue weighted by Gasteiger charge is 2.38. The molecule has 0 aliphatic carbocycles. The lowest BCUT2D eigenvalue weighted by Crippen LogP contribution is -2.46. The molecular weight excluding hydrogens is 446 g/mol. The van der Waals surface area contributed by atoms with Gasteiger partial charge >= 0.3 is 0 Å². The van der Waals surface area contributed by atoms with Crippen LogP contribution < -0.4 is 29.0 Å². The standard InChI is InChI=1S/C25H24ClNO6/c1-29-20-8-5-9-21(30-2)23(20)31-15-14-27-25(28)24-22(16-10-12-17(26)13-11-16)32-18-6-3-4-7-19(18)33-24/h3-13,22,24H,14-15H2,1-2H3,(H,27,28)/t22-,24-/m0/s1. The summed E-state index contributed by atoms with van der Waals surface area (Å²) in [5.74, 6) is 2.33. The monoisotopic (exact) mass is 469 g/mol. The second-order valence-corrected chi connectivity index (χ2v) is 7.64. The summed E-state index contributed by atoms with van der Waals surface area (Å²) in [6, 6.07) is 19.8. The minimum absolute atomic E-state index is 0.207. The maximum atomic E-state index is 13.1. The van der Waals surface area contributed by atoms with Gasteiger partial charge < -0.3 is 29.0 Å². The van der Waals surface area contributed by atoms with Crippen LogP contribution in [0.5, 0.6) is 28.7 Å². The van der Waals surface area contributed by atoms with Crippen molar-refractivity contribution in [1.29, 1.82) is 0 Å². The van der Waals surface area contributed by atoms with E-state index < -0.39 is 12.2 Å². The van der Waals surface area contributed by atoms with Crippen LogP contribution in [0.4, 0.5) is 0 Å². The van der Waals surface area contributed by atoms with E-state index in [-0.39, 0.29) is 19.1 Å². The number of benzene rings is 3. The second-order valence-electron chi connectivity index (χ2n) is 7.21. The van der Waals surface area contributed by atoms with E-state index in [4.69, 9.17) is 35.3 Å². The zero-order chi connectivity index (χ0) is 23.2. The molecule has 3 aromatic rings. The third kappa shape index (κ3) is 5.09. The molecule has 0 aromatic heterocycles. The van der Waals surface area contributed by atoms with Gasteiger partial charge in [0.15, 0.2) is 29.1 Å². The number of hydrogen-bond acceptors (Lipinski definition) is 6. The molecule has 0 spiro atoms. The topological polar surface area (TPSA) is 75.2 Å². The van der Waals surface area contributed by atoms with Gasteiger partial charge in [-0.1, -0.05) is 41.9 Å². The highest BCUT2D eigenvalue weighted by Crippen LogP contribution is 2.40. The third-order valence-corrected chi connectivity index (χ3v) is 5.37. The Bertz CT molecular complexity index is 1080. The number of ether oxygens (including phenoxy) is 5. The first-order valence-corrected chi connectivity index (χ1v) is 10.8. The molecule has 8 heteroatoms. The van der Waals surface area contributed by atoms with E-state index in [2.05, 4.69) is 5.32 Å². The van der Waals surface area contributed by atoms with Crippen LogP contribution in [-0.4, -0.2) is 39.4 Å². The summed E-state index contributed by atoms with van der Waals surface area (Å²) in [6.07, 6.45) is -1.52. The molecule has 0 fully saturated rings. The van der Waals surface area contributed by atoms with Crippen molar-refractivity contribution < 1.29 is 28.5 Å². The predicted octanol–water partition coefficient (Wildman–Crippen LogP) is 4.43. The van der Waals surface area contributed by atoms with E-state index in [0.29, 0.717) is 33.8 Å². The van der Waals surface area contributed by atoms with Crippen LogP contribution in [0.1, 0.15) is 11.7 Å². The van der Waals surface area contributed by atoms with Gasteiger partial charge in [-0.25, -0.2) is 0 Å². The first-order chi connectivity index (χ1) is 16.1. The average molecular weight is 470 g/mol. The Balaban J connectivity index is 1.44. The average Bonchev–Trinajstić information content (AvgIpc) is 2.86. The summed E-state index contributed by atoms with van der Waals surface area (Å²) in [7, 11) is 3.11. The highest BCUT2D eigenvalue weighted by atomic mass is 35.5. The number of nitrogens with one attached hydrogen (secondary N) is 1. The summed E-state index contributed by atoms with van der Waals surface area (Å²) in [5, 5.41) is 3.46. The molecular formula is C25H24ClNO6. The van der Waals surface area contributed by atoms with Crippen molar-refractivity contribution in [3.63, 3.8) is 0 Å². The number of hydrogen-bond donors (Lipinski definition) is 1. The Hall–Kier alpha value is -3.58. The molecule has 7 nitrogen and oxygen atoms in total. The number of fused-ring (bicyclic) bond motifs is 1. The van der Waals surface area contributed by atoms with Crippen LogP contribution in [0.3, 0.4) is 0 Å². The SMILES string of the molecule is COc1cccc(OC)c1OCCNC(=O)[C@H]1Oc2ccccc2O[C@H]1c1ccc(Cl)cc1. The minimum Gasteiger partial charge on any atom is -0.493 e. The summed E-state index contributed by atoms with van der Waals surface area (Å²) in [6.45, 7) is 0.452. The molecule has 1 aliphatic heterocycles. The van der Waals surface area contributed by atoms with Crippen molar-refractivity contribution in [3.05, 3.63) is 77.3 Å². The maximum absolute atomic E-state index is 13.1. The number of amides is 1. The highest BCUT2D eigenvalue weighted by molar-refractivity contribution is 6.30. The number of methoxy groups -OCH3 is 2. The number of halogens is 1. The van der Waals surface area contributed by atoms with Gasteiger partial charge in [0.25, 0.3) is 5.91 Å². The summed E-state index contributed by atoms with van der Waals surface area (Å²) >= 11 is 6.03. The molecule has 172 valence electrons. The van der Waals surface area contributed by atoms with Crippen molar-refractivity contribution in [2.75, 3.05) is 27.4 Å². The first kappa shape index (κ1) is 22.6. The van der Waals surface area contributed by atoms with Crippen molar-refractivity contribution in [2.24, 2.45) is 0 Å². The van der Waals surface area contributed by atoms with E-state index in [9.17, 15) is 4.79 Å². The van der Waals surface area contributed by atoms with Gasteiger partial charge in [0.1, 0.15) is 6.61 Å². The van der Waals surface area contributed by atoms with Crippen molar-refractivity contribution in [2.45, 2.75) is 12.2 Å². The van der Waals surface area contributed by atoms with E-state index in [0.717, 1.165) is 5.56 Å². The Morgan fingerprint density at radius 1 is 0.909 bits per heavy atom. The smallest absolute Gasteiger partial charge is 0.265 e. The van der Waals surface area contributed by atoms with Crippen LogP contribution in [0, 0.1) is 0 Å². The van der Waals surface area contributed by atoms with Crippen LogP contribution in [-0.2, 0) is 4.79 Å². The van der Waals surface area contributed by atoms with E-state index in [1.54, 1.807) is 50.6 Å². The lowest BCUT2D eigenvalue weighted by atomic mass is 10.0. The molecule has 0 bridgehead atoms. The predicted molar refractivity (Wildman–Crippen MR) is 124 cm³/mol. The molecule has 2 atom stereocenters. The number of para-hydroxylation sites is 3. The fourth-order valence-corrected chi connectivity index (χ4v) is 3.64. The van der Waals surface area contributed by atoms with E-state index in [1.807, 2.05) is 30.3 Å². The maximum Gasteiger partial charge on any atom is 0.265 e. The van der Waals surface area contributed by atoms with Crippen molar-refractivity contribution >= 4 is 17.5 Å². The molecule has 1 heterocycles. The van der Waals surface area contributed by atoms with E-state index >= 15 is 0 Å². The largest absolute Gasteiger partial charge is 0.493 e. The fraction of sp³-hybridized carbons (Fsp3) is 0.240. The number of carbonyl (C=O) groups excluding carboxylic acids is 1. The van der Waals surface area contributed by atoms with Gasteiger partial charge in [0, 0.05) is 5.02 Å². The lowest BCUT2D eigenvalue weighted by Gasteiger charge is -2.33. The van der Waals surface area contributed by atoms with E-state index in [1.165, 1.54) is 0 Å². The molecule has 0 saturated heterocycles. The second kappa shape index (κ2) is 10.4. The van der Waals surface area contributed by atoms with Crippen LogP contribution >= 0.6 is 11.6 Å². The number of carbonyl (C=O) groups is 1. The van der Waals surface area contributed by atoms with Crippen LogP contribution in [0.2, 0.25) is 5.02 Å². The molecule has 1 amide bonds. The molecule has 1 aliphatic rings. The third-order valence-electron chi connectivity index (χ3n) is 5.12. The Labute approximate surface area is 197 Å². The Kier molecular flexibility index (Phi) is 7.10. The Morgan fingerprint density at radius 3 is 2.18 bits per heavy atom. The quantitative estimate of drug-likeness (QED) is 0.492. The molecule has 33 heavy (non-hydrogen) atoms. The summed E-state index contributed by atoms with van der Waals surface area (Å²) in [4.78, 5) is 13.1. The lowest BCUT2D eigenvalue weighted by molar-refractivity contribution is -0.134. The van der Waals surface area contributed by atoms with Crippen LogP contribution in [0.25, 0.3) is 0 Å². The molecule has 0 unspecified atom stereocenters.